The van der Waals surface area contributed by atoms with E-state index in [0.717, 1.165) is 54.0 Å². The number of benzene rings is 2. The van der Waals surface area contributed by atoms with Gasteiger partial charge in [-0.25, -0.2) is 4.98 Å². The van der Waals surface area contributed by atoms with Crippen LogP contribution < -0.4 is 10.6 Å². The molecule has 26 heavy (non-hydrogen) atoms. The highest BCUT2D eigenvalue weighted by Gasteiger charge is 2.19. The van der Waals surface area contributed by atoms with Crippen molar-refractivity contribution in [3.05, 3.63) is 59.7 Å². The van der Waals surface area contributed by atoms with Crippen molar-refractivity contribution in [2.45, 2.75) is 38.5 Å². The van der Waals surface area contributed by atoms with Crippen molar-refractivity contribution in [3.63, 3.8) is 0 Å². The van der Waals surface area contributed by atoms with Crippen LogP contribution in [0.5, 0.6) is 0 Å². The van der Waals surface area contributed by atoms with Crippen LogP contribution in [0.15, 0.2) is 48.5 Å². The largest absolute Gasteiger partial charge is 0.387 e. The van der Waals surface area contributed by atoms with E-state index >= 15 is 0 Å². The normalized spacial score (nSPS) is 16.7. The summed E-state index contributed by atoms with van der Waals surface area (Å²) in [5, 5.41) is 17.8. The van der Waals surface area contributed by atoms with E-state index in [0.29, 0.717) is 12.6 Å². The van der Waals surface area contributed by atoms with Crippen LogP contribution in [-0.4, -0.2) is 33.8 Å². The fourth-order valence-corrected chi connectivity index (χ4v) is 3.68. The first kappa shape index (κ1) is 17.1. The van der Waals surface area contributed by atoms with E-state index in [-0.39, 0.29) is 0 Å². The zero-order valence-corrected chi connectivity index (χ0v) is 15.2. The molecule has 3 N–H and O–H groups in total. The Morgan fingerprint density at radius 2 is 2.00 bits per heavy atom. The van der Waals surface area contributed by atoms with Crippen molar-refractivity contribution in [2.75, 3.05) is 18.4 Å². The molecule has 0 radical (unpaired) electrons. The van der Waals surface area contributed by atoms with E-state index in [2.05, 4.69) is 21.3 Å². The third-order valence-electron chi connectivity index (χ3n) is 5.11. The van der Waals surface area contributed by atoms with Crippen LogP contribution in [0.2, 0.25) is 0 Å². The van der Waals surface area contributed by atoms with Crippen LogP contribution in [0.4, 0.5) is 5.95 Å². The maximum Gasteiger partial charge on any atom is 0.204 e. The van der Waals surface area contributed by atoms with Gasteiger partial charge in [-0.15, -0.1) is 0 Å². The summed E-state index contributed by atoms with van der Waals surface area (Å²) in [5.74, 6) is 0.852. The van der Waals surface area contributed by atoms with Crippen molar-refractivity contribution >= 4 is 17.0 Å². The summed E-state index contributed by atoms with van der Waals surface area (Å²) >= 11 is 0. The van der Waals surface area contributed by atoms with E-state index in [4.69, 9.17) is 4.98 Å². The summed E-state index contributed by atoms with van der Waals surface area (Å²) in [6, 6.07) is 16.6. The first-order valence-corrected chi connectivity index (χ1v) is 9.38. The Morgan fingerprint density at radius 1 is 1.19 bits per heavy atom. The highest BCUT2D eigenvalue weighted by atomic mass is 16.3. The van der Waals surface area contributed by atoms with E-state index in [1.807, 2.05) is 49.4 Å². The van der Waals surface area contributed by atoms with Gasteiger partial charge in [0.2, 0.25) is 5.95 Å². The minimum absolute atomic E-state index is 0.419. The van der Waals surface area contributed by atoms with Gasteiger partial charge in [0.25, 0.3) is 0 Å². The number of anilines is 1. The van der Waals surface area contributed by atoms with Gasteiger partial charge in [-0.1, -0.05) is 42.0 Å². The third kappa shape index (κ3) is 3.59. The van der Waals surface area contributed by atoms with Crippen LogP contribution in [0.3, 0.4) is 0 Å². The molecule has 1 aliphatic rings. The maximum absolute atomic E-state index is 10.8. The van der Waals surface area contributed by atoms with Crippen molar-refractivity contribution in [1.82, 2.24) is 14.9 Å². The summed E-state index contributed by atoms with van der Waals surface area (Å²) in [5.41, 5.74) is 4.11. The highest BCUT2D eigenvalue weighted by Crippen LogP contribution is 2.25. The van der Waals surface area contributed by atoms with E-state index < -0.39 is 6.10 Å². The molecule has 3 aromatic rings. The molecule has 1 saturated heterocycles. The van der Waals surface area contributed by atoms with Crippen LogP contribution in [0.25, 0.3) is 11.0 Å². The number of piperidine rings is 1. The molecule has 0 bridgehead atoms. The molecule has 1 atom stereocenters. The van der Waals surface area contributed by atoms with Gasteiger partial charge < -0.3 is 20.3 Å². The Balaban J connectivity index is 1.64. The molecule has 0 amide bonds. The van der Waals surface area contributed by atoms with Crippen molar-refractivity contribution < 1.29 is 5.11 Å². The Kier molecular flexibility index (Phi) is 4.91. The van der Waals surface area contributed by atoms with Gasteiger partial charge in [0.15, 0.2) is 0 Å². The predicted molar refractivity (Wildman–Crippen MR) is 105 cm³/mol. The number of aliphatic hydroxyl groups excluding tert-OH is 1. The number of nitrogens with one attached hydrogen (secondary N) is 2. The zero-order valence-electron chi connectivity index (χ0n) is 15.2. The molecule has 1 aromatic heterocycles. The number of aryl methyl sites for hydroxylation is 1. The second-order valence-electron chi connectivity index (χ2n) is 7.13. The minimum Gasteiger partial charge on any atom is -0.387 e. The molecule has 2 aromatic carbocycles. The monoisotopic (exact) mass is 350 g/mol. The smallest absolute Gasteiger partial charge is 0.204 e. The van der Waals surface area contributed by atoms with Crippen LogP contribution in [-0.2, 0) is 6.54 Å². The average molecular weight is 350 g/mol. The summed E-state index contributed by atoms with van der Waals surface area (Å²) < 4.78 is 2.12. The van der Waals surface area contributed by atoms with Gasteiger partial charge >= 0.3 is 0 Å². The lowest BCUT2D eigenvalue weighted by Crippen LogP contribution is -2.36. The number of hydrogen-bond donors (Lipinski definition) is 3. The van der Waals surface area contributed by atoms with Crippen molar-refractivity contribution in [1.29, 1.82) is 0 Å². The summed E-state index contributed by atoms with van der Waals surface area (Å²) in [6.45, 7) is 4.60. The molecule has 0 spiro atoms. The number of aromatic nitrogens is 2. The highest BCUT2D eigenvalue weighted by molar-refractivity contribution is 5.78. The molecular weight excluding hydrogens is 324 g/mol. The number of para-hydroxylation sites is 2. The third-order valence-corrected chi connectivity index (χ3v) is 5.11. The molecule has 5 heteroatoms. The quantitative estimate of drug-likeness (QED) is 0.661. The number of hydrogen-bond acceptors (Lipinski definition) is 4. The van der Waals surface area contributed by atoms with Crippen molar-refractivity contribution in [3.8, 4) is 0 Å². The first-order valence-electron chi connectivity index (χ1n) is 9.38. The Labute approximate surface area is 154 Å². The fraction of sp³-hybridized carbons (Fsp3) is 0.381. The molecule has 1 unspecified atom stereocenters. The van der Waals surface area contributed by atoms with Gasteiger partial charge in [0, 0.05) is 6.04 Å². The van der Waals surface area contributed by atoms with Gasteiger partial charge in [-0.05, 0) is 50.6 Å². The number of rotatable bonds is 5. The number of aliphatic hydroxyl groups is 1. The molecule has 2 heterocycles. The van der Waals surface area contributed by atoms with E-state index in [1.165, 1.54) is 0 Å². The molecular formula is C21H26N4O. The zero-order chi connectivity index (χ0) is 17.9. The topological polar surface area (TPSA) is 62.1 Å². The first-order chi connectivity index (χ1) is 12.7. The molecule has 1 fully saturated rings. The van der Waals surface area contributed by atoms with Gasteiger partial charge in [0.1, 0.15) is 0 Å². The minimum atomic E-state index is -0.568. The van der Waals surface area contributed by atoms with Gasteiger partial charge in [-0.3, -0.25) is 0 Å². The maximum atomic E-state index is 10.8. The van der Waals surface area contributed by atoms with Crippen LogP contribution in [0.1, 0.15) is 30.1 Å². The lowest BCUT2D eigenvalue weighted by Gasteiger charge is -2.25. The van der Waals surface area contributed by atoms with Crippen molar-refractivity contribution in [2.24, 2.45) is 0 Å². The van der Waals surface area contributed by atoms with Crippen LogP contribution in [0, 0.1) is 6.92 Å². The second kappa shape index (κ2) is 7.48. The Hall–Kier alpha value is -2.37. The lowest BCUT2D eigenvalue weighted by atomic mass is 10.1. The molecule has 5 nitrogen and oxygen atoms in total. The summed E-state index contributed by atoms with van der Waals surface area (Å²) in [4.78, 5) is 4.79. The molecule has 136 valence electrons. The molecule has 0 saturated carbocycles. The Morgan fingerprint density at radius 3 is 2.81 bits per heavy atom. The number of fused-ring (bicyclic) bond motifs is 1. The molecule has 0 aliphatic carbocycles. The van der Waals surface area contributed by atoms with E-state index in [9.17, 15) is 5.11 Å². The number of nitrogens with zero attached hydrogens (tertiary/aromatic N) is 2. The number of imidazole rings is 1. The van der Waals surface area contributed by atoms with Gasteiger partial charge in [-0.2, -0.15) is 0 Å². The average Bonchev–Trinajstić information content (AvgIpc) is 3.00. The molecule has 4 rings (SSSR count). The van der Waals surface area contributed by atoms with E-state index in [1.54, 1.807) is 0 Å². The van der Waals surface area contributed by atoms with Gasteiger partial charge in [0.05, 0.1) is 23.7 Å². The predicted octanol–water partition coefficient (Wildman–Crippen LogP) is 3.24. The Bertz CT molecular complexity index is 883. The van der Waals surface area contributed by atoms with Crippen LogP contribution >= 0.6 is 0 Å². The standard InChI is InChI=1S/C21H26N4O/c1-15-5-4-6-16(13-15)20(26)14-25-19-8-3-2-7-18(19)24-21(25)23-17-9-11-22-12-10-17/h2-8,13,17,20,22,26H,9-12,14H2,1H3,(H,23,24). The molecule has 1 aliphatic heterocycles. The second-order valence-corrected chi connectivity index (χ2v) is 7.13. The lowest BCUT2D eigenvalue weighted by molar-refractivity contribution is 0.158. The fourth-order valence-electron chi connectivity index (χ4n) is 3.68. The summed E-state index contributed by atoms with van der Waals surface area (Å²) in [6.07, 6.45) is 1.61. The SMILES string of the molecule is Cc1cccc(C(O)Cn2c(NC3CCNCC3)nc3ccccc32)c1. The summed E-state index contributed by atoms with van der Waals surface area (Å²) in [7, 11) is 0.